The number of piperidine rings is 1. The van der Waals surface area contributed by atoms with Crippen molar-refractivity contribution in [2.24, 2.45) is 0 Å². The Morgan fingerprint density at radius 1 is 1.31 bits per heavy atom. The molecule has 1 amide bonds. The number of aromatic nitrogens is 1. The van der Waals surface area contributed by atoms with Crippen LogP contribution in [0.1, 0.15) is 44.6 Å². The minimum atomic E-state index is -0.101. The zero-order valence-electron chi connectivity index (χ0n) is 15.6. The highest BCUT2D eigenvalue weighted by molar-refractivity contribution is 5.79. The van der Waals surface area contributed by atoms with E-state index in [0.29, 0.717) is 31.0 Å². The molecular weight excluding hydrogens is 326 g/mol. The summed E-state index contributed by atoms with van der Waals surface area (Å²) in [6.45, 7) is 5.22. The van der Waals surface area contributed by atoms with Gasteiger partial charge < -0.3 is 15.2 Å². The van der Waals surface area contributed by atoms with Crippen molar-refractivity contribution in [1.29, 1.82) is 0 Å². The monoisotopic (exact) mass is 355 g/mol. The van der Waals surface area contributed by atoms with Crippen molar-refractivity contribution in [2.45, 2.75) is 51.5 Å². The third-order valence-corrected chi connectivity index (χ3v) is 5.34. The van der Waals surface area contributed by atoms with Crippen LogP contribution in [0.15, 0.2) is 35.1 Å². The van der Waals surface area contributed by atoms with E-state index in [4.69, 9.17) is 0 Å². The molecule has 0 bridgehead atoms. The van der Waals surface area contributed by atoms with Gasteiger partial charge in [0.15, 0.2) is 0 Å². The van der Waals surface area contributed by atoms with Crippen LogP contribution < -0.4 is 10.9 Å². The number of likely N-dealkylation sites (tertiary alicyclic amines) is 1. The predicted molar refractivity (Wildman–Crippen MR) is 105 cm³/mol. The minimum Gasteiger partial charge on any atom is -0.356 e. The van der Waals surface area contributed by atoms with Crippen molar-refractivity contribution in [3.05, 3.63) is 46.2 Å². The number of amides is 1. The first kappa shape index (κ1) is 18.6. The van der Waals surface area contributed by atoms with Gasteiger partial charge in [0.05, 0.1) is 0 Å². The van der Waals surface area contributed by atoms with Crippen molar-refractivity contribution in [3.63, 3.8) is 0 Å². The molecule has 0 spiro atoms. The Hall–Kier alpha value is -2.14. The van der Waals surface area contributed by atoms with Gasteiger partial charge in [0.2, 0.25) is 5.91 Å². The number of pyridine rings is 1. The van der Waals surface area contributed by atoms with E-state index in [0.717, 1.165) is 23.9 Å². The van der Waals surface area contributed by atoms with Gasteiger partial charge in [-0.1, -0.05) is 24.6 Å². The minimum absolute atomic E-state index is 0.0178. The van der Waals surface area contributed by atoms with Crippen LogP contribution in [0.3, 0.4) is 0 Å². The summed E-state index contributed by atoms with van der Waals surface area (Å²) in [5.74, 6) is 0.0178. The Kier molecular flexibility index (Phi) is 6.45. The second-order valence-electron chi connectivity index (χ2n) is 7.30. The van der Waals surface area contributed by atoms with Gasteiger partial charge in [0, 0.05) is 36.6 Å². The van der Waals surface area contributed by atoms with E-state index in [1.165, 1.54) is 25.8 Å². The number of aromatic amines is 1. The summed E-state index contributed by atoms with van der Waals surface area (Å²) in [6, 6.07) is 10.3. The molecule has 5 nitrogen and oxygen atoms in total. The van der Waals surface area contributed by atoms with Gasteiger partial charge in [-0.3, -0.25) is 9.59 Å². The first-order valence-corrected chi connectivity index (χ1v) is 9.75. The van der Waals surface area contributed by atoms with Gasteiger partial charge >= 0.3 is 0 Å². The van der Waals surface area contributed by atoms with E-state index in [9.17, 15) is 9.59 Å². The Labute approximate surface area is 154 Å². The zero-order valence-corrected chi connectivity index (χ0v) is 15.6. The van der Waals surface area contributed by atoms with E-state index in [1.807, 2.05) is 30.3 Å². The predicted octanol–water partition coefficient (Wildman–Crippen LogP) is 2.84. The molecule has 2 aromatic rings. The van der Waals surface area contributed by atoms with Gasteiger partial charge in [-0.15, -0.1) is 0 Å². The summed E-state index contributed by atoms with van der Waals surface area (Å²) >= 11 is 0. The van der Waals surface area contributed by atoms with Crippen molar-refractivity contribution in [1.82, 2.24) is 15.2 Å². The second-order valence-corrected chi connectivity index (χ2v) is 7.30. The van der Waals surface area contributed by atoms with Crippen molar-refractivity contribution < 1.29 is 4.79 Å². The molecule has 1 aliphatic heterocycles. The van der Waals surface area contributed by atoms with E-state index < -0.39 is 0 Å². The number of carbonyl (C=O) groups is 1. The average molecular weight is 355 g/mol. The molecular formula is C21H29N3O2. The number of fused-ring (bicyclic) bond motifs is 1. The smallest absolute Gasteiger partial charge is 0.251 e. The maximum atomic E-state index is 12.1. The third-order valence-electron chi connectivity index (χ3n) is 5.34. The molecule has 1 aromatic heterocycles. The molecule has 0 aliphatic carbocycles. The molecule has 1 aromatic carbocycles. The molecule has 26 heavy (non-hydrogen) atoms. The fourth-order valence-electron chi connectivity index (χ4n) is 3.71. The number of nitrogens with zero attached hydrogens (tertiary/aromatic N) is 1. The first-order chi connectivity index (χ1) is 12.6. The molecule has 0 radical (unpaired) electrons. The molecule has 0 unspecified atom stereocenters. The number of hydrogen-bond acceptors (Lipinski definition) is 3. The van der Waals surface area contributed by atoms with Gasteiger partial charge in [0.1, 0.15) is 0 Å². The summed E-state index contributed by atoms with van der Waals surface area (Å²) in [5.41, 5.74) is 1.40. The van der Waals surface area contributed by atoms with Crippen molar-refractivity contribution in [3.8, 4) is 0 Å². The SMILES string of the molecule is C[C@@H]1CCCCN1CCCNC(=O)CCc1cc2ccccc2[nH]c1=O. The number of para-hydroxylation sites is 1. The van der Waals surface area contributed by atoms with Crippen LogP contribution in [0.25, 0.3) is 10.9 Å². The Morgan fingerprint density at radius 2 is 2.15 bits per heavy atom. The maximum absolute atomic E-state index is 12.1. The first-order valence-electron chi connectivity index (χ1n) is 9.75. The summed E-state index contributed by atoms with van der Waals surface area (Å²) in [6.07, 6.45) is 5.70. The Morgan fingerprint density at radius 3 is 3.00 bits per heavy atom. The fourth-order valence-corrected chi connectivity index (χ4v) is 3.71. The van der Waals surface area contributed by atoms with Gasteiger partial charge in [0.25, 0.3) is 5.56 Å². The highest BCUT2D eigenvalue weighted by atomic mass is 16.1. The van der Waals surface area contributed by atoms with Crippen LogP contribution >= 0.6 is 0 Å². The fraction of sp³-hybridized carbons (Fsp3) is 0.524. The average Bonchev–Trinajstić information content (AvgIpc) is 2.65. The number of rotatable bonds is 7. The number of nitrogens with one attached hydrogen (secondary N) is 2. The highest BCUT2D eigenvalue weighted by Gasteiger charge is 2.17. The summed E-state index contributed by atoms with van der Waals surface area (Å²) in [4.78, 5) is 29.6. The largest absolute Gasteiger partial charge is 0.356 e. The van der Waals surface area contributed by atoms with Crippen LogP contribution in [0.4, 0.5) is 0 Å². The molecule has 1 saturated heterocycles. The van der Waals surface area contributed by atoms with Gasteiger partial charge in [-0.05, 0) is 56.7 Å². The van der Waals surface area contributed by atoms with Crippen LogP contribution in [0, 0.1) is 0 Å². The van der Waals surface area contributed by atoms with Gasteiger partial charge in [-0.2, -0.15) is 0 Å². The number of H-pyrrole nitrogens is 1. The lowest BCUT2D eigenvalue weighted by atomic mass is 10.0. The quantitative estimate of drug-likeness (QED) is 0.751. The van der Waals surface area contributed by atoms with Crippen molar-refractivity contribution in [2.75, 3.05) is 19.6 Å². The molecule has 1 atom stereocenters. The number of aryl methyl sites for hydroxylation is 1. The van der Waals surface area contributed by atoms with E-state index >= 15 is 0 Å². The molecule has 2 N–H and O–H groups in total. The van der Waals surface area contributed by atoms with E-state index in [1.54, 1.807) is 0 Å². The highest BCUT2D eigenvalue weighted by Crippen LogP contribution is 2.16. The Balaban J connectivity index is 1.41. The number of hydrogen-bond donors (Lipinski definition) is 2. The maximum Gasteiger partial charge on any atom is 0.251 e. The standard InChI is InChI=1S/C21H29N3O2/c1-16-7-4-5-13-24(16)14-6-12-22-20(25)11-10-18-15-17-8-2-3-9-19(17)23-21(18)26/h2-3,8-9,15-16H,4-7,10-14H2,1H3,(H,22,25)(H,23,26)/t16-/m1/s1. The van der Waals surface area contributed by atoms with Gasteiger partial charge in [-0.25, -0.2) is 0 Å². The molecule has 5 heteroatoms. The molecule has 1 aliphatic rings. The van der Waals surface area contributed by atoms with Crippen LogP contribution in [-0.4, -0.2) is 41.5 Å². The molecule has 1 fully saturated rings. The molecule has 2 heterocycles. The van der Waals surface area contributed by atoms with Crippen LogP contribution in [0.2, 0.25) is 0 Å². The summed E-state index contributed by atoms with van der Waals surface area (Å²) in [7, 11) is 0. The van der Waals surface area contributed by atoms with E-state index in [2.05, 4.69) is 22.1 Å². The lowest BCUT2D eigenvalue weighted by Gasteiger charge is -2.33. The zero-order chi connectivity index (χ0) is 18.4. The second kappa shape index (κ2) is 8.99. The normalized spacial score (nSPS) is 18.1. The lowest BCUT2D eigenvalue weighted by Crippen LogP contribution is -2.39. The third kappa shape index (κ3) is 4.94. The Bertz CT molecular complexity index is 799. The number of carbonyl (C=O) groups excluding carboxylic acids is 1. The molecule has 140 valence electrons. The molecule has 0 saturated carbocycles. The lowest BCUT2D eigenvalue weighted by molar-refractivity contribution is -0.121. The van der Waals surface area contributed by atoms with E-state index in [-0.39, 0.29) is 11.5 Å². The van der Waals surface area contributed by atoms with Crippen molar-refractivity contribution >= 4 is 16.8 Å². The number of benzene rings is 1. The summed E-state index contributed by atoms with van der Waals surface area (Å²) < 4.78 is 0. The van der Waals surface area contributed by atoms with Crippen LogP contribution in [0.5, 0.6) is 0 Å². The molecule has 3 rings (SSSR count). The van der Waals surface area contributed by atoms with Crippen LogP contribution in [-0.2, 0) is 11.2 Å². The summed E-state index contributed by atoms with van der Waals surface area (Å²) in [5, 5.41) is 3.98. The topological polar surface area (TPSA) is 65.2 Å².